The summed E-state index contributed by atoms with van der Waals surface area (Å²) in [5, 5.41) is 0. The van der Waals surface area contributed by atoms with Gasteiger partial charge in [-0.05, 0) is 45.0 Å². The first-order valence-electron chi connectivity index (χ1n) is 8.84. The standard InChI is InChI=1S/C21H22N2O5/c1-13-8-18(14(2)23(13)11-17-6-5-7-27-17)20(25)12-28-21(26)19-9-16(15(3)24)10-22(19)4/h5-10H,11-12H2,1-4H3. The van der Waals surface area contributed by atoms with Gasteiger partial charge in [0.1, 0.15) is 11.5 Å². The molecule has 3 aromatic heterocycles. The van der Waals surface area contributed by atoms with Crippen LogP contribution in [0.2, 0.25) is 0 Å². The van der Waals surface area contributed by atoms with Gasteiger partial charge < -0.3 is 18.3 Å². The highest BCUT2D eigenvalue weighted by molar-refractivity contribution is 6.01. The highest BCUT2D eigenvalue weighted by Crippen LogP contribution is 2.18. The van der Waals surface area contributed by atoms with E-state index in [4.69, 9.17) is 9.15 Å². The summed E-state index contributed by atoms with van der Waals surface area (Å²) in [7, 11) is 1.65. The molecular weight excluding hydrogens is 360 g/mol. The van der Waals surface area contributed by atoms with Gasteiger partial charge in [-0.3, -0.25) is 9.59 Å². The number of rotatable bonds is 7. The van der Waals surface area contributed by atoms with E-state index in [-0.39, 0.29) is 23.9 Å². The van der Waals surface area contributed by atoms with Crippen LogP contribution in [-0.2, 0) is 18.3 Å². The van der Waals surface area contributed by atoms with Crippen LogP contribution in [0.5, 0.6) is 0 Å². The number of furan rings is 1. The second kappa shape index (κ2) is 7.72. The summed E-state index contributed by atoms with van der Waals surface area (Å²) in [4.78, 5) is 36.3. The average Bonchev–Trinajstić information content (AvgIpc) is 3.36. The predicted octanol–water partition coefficient (Wildman–Crippen LogP) is 3.33. The van der Waals surface area contributed by atoms with Crippen LogP contribution < -0.4 is 0 Å². The van der Waals surface area contributed by atoms with E-state index in [1.807, 2.05) is 30.5 Å². The van der Waals surface area contributed by atoms with E-state index >= 15 is 0 Å². The van der Waals surface area contributed by atoms with Crippen LogP contribution in [0, 0.1) is 13.8 Å². The molecule has 0 unspecified atom stereocenters. The lowest BCUT2D eigenvalue weighted by atomic mass is 10.1. The van der Waals surface area contributed by atoms with Gasteiger partial charge in [-0.25, -0.2) is 4.79 Å². The monoisotopic (exact) mass is 382 g/mol. The number of carbonyl (C=O) groups excluding carboxylic acids is 3. The average molecular weight is 382 g/mol. The summed E-state index contributed by atoms with van der Waals surface area (Å²) in [6.07, 6.45) is 3.17. The second-order valence-electron chi connectivity index (χ2n) is 6.73. The minimum atomic E-state index is -0.646. The van der Waals surface area contributed by atoms with Gasteiger partial charge in [0.2, 0.25) is 5.78 Å². The molecule has 0 aliphatic carbocycles. The fourth-order valence-corrected chi connectivity index (χ4v) is 3.13. The molecule has 0 spiro atoms. The van der Waals surface area contributed by atoms with Crippen molar-refractivity contribution in [1.82, 2.24) is 9.13 Å². The van der Waals surface area contributed by atoms with Crippen LogP contribution in [0.25, 0.3) is 0 Å². The first-order chi connectivity index (χ1) is 13.3. The molecule has 0 amide bonds. The van der Waals surface area contributed by atoms with Crippen molar-refractivity contribution in [3.05, 3.63) is 70.7 Å². The molecule has 0 aliphatic rings. The number of esters is 1. The summed E-state index contributed by atoms with van der Waals surface area (Å²) in [6, 6.07) is 6.93. The molecular formula is C21H22N2O5. The molecule has 0 atom stereocenters. The summed E-state index contributed by atoms with van der Waals surface area (Å²) < 4.78 is 14.0. The Labute approximate surface area is 162 Å². The molecule has 0 fully saturated rings. The van der Waals surface area contributed by atoms with E-state index in [9.17, 15) is 14.4 Å². The molecule has 0 saturated carbocycles. The number of carbonyl (C=O) groups is 3. The van der Waals surface area contributed by atoms with Crippen molar-refractivity contribution in [2.45, 2.75) is 27.3 Å². The Hall–Kier alpha value is -3.35. The van der Waals surface area contributed by atoms with Crippen LogP contribution in [0.4, 0.5) is 0 Å². The quantitative estimate of drug-likeness (QED) is 0.462. The van der Waals surface area contributed by atoms with Crippen molar-refractivity contribution in [2.75, 3.05) is 6.61 Å². The zero-order chi connectivity index (χ0) is 20.4. The lowest BCUT2D eigenvalue weighted by molar-refractivity contribution is 0.0465. The molecule has 28 heavy (non-hydrogen) atoms. The van der Waals surface area contributed by atoms with E-state index in [0.717, 1.165) is 17.1 Å². The molecule has 0 aromatic carbocycles. The highest BCUT2D eigenvalue weighted by Gasteiger charge is 2.20. The van der Waals surface area contributed by atoms with Crippen LogP contribution in [0.3, 0.4) is 0 Å². The van der Waals surface area contributed by atoms with Crippen molar-refractivity contribution < 1.29 is 23.5 Å². The number of ether oxygens (including phenoxy) is 1. The van der Waals surface area contributed by atoms with E-state index < -0.39 is 5.97 Å². The molecule has 3 aromatic rings. The van der Waals surface area contributed by atoms with Crippen molar-refractivity contribution in [3.63, 3.8) is 0 Å². The maximum atomic E-state index is 12.6. The molecule has 7 heteroatoms. The second-order valence-corrected chi connectivity index (χ2v) is 6.73. The normalized spacial score (nSPS) is 10.9. The molecule has 0 aliphatic heterocycles. The maximum absolute atomic E-state index is 12.6. The molecule has 3 heterocycles. The van der Waals surface area contributed by atoms with Gasteiger partial charge in [0.15, 0.2) is 12.4 Å². The largest absolute Gasteiger partial charge is 0.467 e. The zero-order valence-corrected chi connectivity index (χ0v) is 16.3. The maximum Gasteiger partial charge on any atom is 0.355 e. The smallest absolute Gasteiger partial charge is 0.355 e. The van der Waals surface area contributed by atoms with Gasteiger partial charge in [0, 0.05) is 35.8 Å². The number of nitrogens with zero attached hydrogens (tertiary/aromatic N) is 2. The summed E-state index contributed by atoms with van der Waals surface area (Å²) in [5.74, 6) is -0.284. The lowest BCUT2D eigenvalue weighted by Crippen LogP contribution is -2.17. The number of ketones is 2. The number of aromatic nitrogens is 2. The van der Waals surface area contributed by atoms with Crippen LogP contribution in [0.1, 0.15) is 55.3 Å². The molecule has 0 radical (unpaired) electrons. The van der Waals surface area contributed by atoms with Crippen LogP contribution in [-0.4, -0.2) is 33.3 Å². The Balaban J connectivity index is 1.70. The topological polar surface area (TPSA) is 83.4 Å². The van der Waals surface area contributed by atoms with Crippen molar-refractivity contribution in [3.8, 4) is 0 Å². The van der Waals surface area contributed by atoms with Crippen molar-refractivity contribution in [1.29, 1.82) is 0 Å². The third kappa shape index (κ3) is 3.83. The predicted molar refractivity (Wildman–Crippen MR) is 102 cm³/mol. The minimum Gasteiger partial charge on any atom is -0.467 e. The number of Topliss-reactive ketones (excluding diaryl/α,β-unsaturated/α-hetero) is 2. The van der Waals surface area contributed by atoms with Gasteiger partial charge in [-0.15, -0.1) is 0 Å². The Morgan fingerprint density at radius 3 is 2.54 bits per heavy atom. The fraction of sp³-hybridized carbons (Fsp3) is 0.286. The molecule has 0 saturated heterocycles. The third-order valence-electron chi connectivity index (χ3n) is 4.72. The van der Waals surface area contributed by atoms with E-state index in [0.29, 0.717) is 17.7 Å². The van der Waals surface area contributed by atoms with Gasteiger partial charge in [-0.1, -0.05) is 0 Å². The Morgan fingerprint density at radius 2 is 1.93 bits per heavy atom. The third-order valence-corrected chi connectivity index (χ3v) is 4.72. The molecule has 146 valence electrons. The minimum absolute atomic E-state index is 0.144. The van der Waals surface area contributed by atoms with Gasteiger partial charge in [0.25, 0.3) is 0 Å². The van der Waals surface area contributed by atoms with Gasteiger partial charge in [-0.2, -0.15) is 0 Å². The highest BCUT2D eigenvalue weighted by atomic mass is 16.5. The molecule has 0 N–H and O–H groups in total. The molecule has 3 rings (SSSR count). The van der Waals surface area contributed by atoms with Crippen LogP contribution in [0.15, 0.2) is 41.1 Å². The summed E-state index contributed by atoms with van der Waals surface area (Å²) in [5.41, 5.74) is 2.85. The van der Waals surface area contributed by atoms with E-state index in [2.05, 4.69) is 0 Å². The Kier molecular flexibility index (Phi) is 5.35. The summed E-state index contributed by atoms with van der Waals surface area (Å²) >= 11 is 0. The van der Waals surface area contributed by atoms with Crippen molar-refractivity contribution >= 4 is 17.5 Å². The van der Waals surface area contributed by atoms with Crippen molar-refractivity contribution in [2.24, 2.45) is 7.05 Å². The Morgan fingerprint density at radius 1 is 1.18 bits per heavy atom. The lowest BCUT2D eigenvalue weighted by Gasteiger charge is -2.08. The first-order valence-corrected chi connectivity index (χ1v) is 8.84. The molecule has 0 bridgehead atoms. The van der Waals surface area contributed by atoms with Crippen LogP contribution >= 0.6 is 0 Å². The first kappa shape index (κ1) is 19.4. The number of hydrogen-bond acceptors (Lipinski definition) is 5. The summed E-state index contributed by atoms with van der Waals surface area (Å²) in [6.45, 7) is 5.33. The van der Waals surface area contributed by atoms with Gasteiger partial charge in [0.05, 0.1) is 12.8 Å². The zero-order valence-electron chi connectivity index (χ0n) is 16.3. The van der Waals surface area contributed by atoms with E-state index in [1.165, 1.54) is 17.6 Å². The molecule has 7 nitrogen and oxygen atoms in total. The number of hydrogen-bond donors (Lipinski definition) is 0. The van der Waals surface area contributed by atoms with Gasteiger partial charge >= 0.3 is 5.97 Å². The Bertz CT molecular complexity index is 1040. The SMILES string of the molecule is CC(=O)c1cc(C(=O)OCC(=O)c2cc(C)n(Cc3ccco3)c2C)n(C)c1. The van der Waals surface area contributed by atoms with E-state index in [1.54, 1.807) is 25.6 Å². The number of aryl methyl sites for hydroxylation is 2. The fourth-order valence-electron chi connectivity index (χ4n) is 3.13.